The molecule has 1 aliphatic carbocycles. The maximum absolute atomic E-state index is 12.8. The molecule has 0 aliphatic heterocycles. The molecule has 1 aromatic heterocycles. The van der Waals surface area contributed by atoms with Gasteiger partial charge in [0.2, 0.25) is 0 Å². The number of imidazole rings is 1. The highest BCUT2D eigenvalue weighted by atomic mass is 32.2. The van der Waals surface area contributed by atoms with Gasteiger partial charge >= 0.3 is 5.97 Å². The highest BCUT2D eigenvalue weighted by molar-refractivity contribution is 7.99. The minimum absolute atomic E-state index is 0.0347. The molecule has 2 aromatic carbocycles. The van der Waals surface area contributed by atoms with Crippen LogP contribution >= 0.6 is 11.8 Å². The first-order valence-corrected chi connectivity index (χ1v) is 12.3. The predicted octanol–water partition coefficient (Wildman–Crippen LogP) is 6.43. The van der Waals surface area contributed by atoms with Crippen molar-refractivity contribution in [1.82, 2.24) is 9.55 Å². The molecule has 0 saturated heterocycles. The highest BCUT2D eigenvalue weighted by Gasteiger charge is 2.33. The summed E-state index contributed by atoms with van der Waals surface area (Å²) in [5.41, 5.74) is 4.23. The molecule has 5 heteroatoms. The van der Waals surface area contributed by atoms with Crippen molar-refractivity contribution >= 4 is 28.8 Å². The highest BCUT2D eigenvalue weighted by Crippen LogP contribution is 2.36. The van der Waals surface area contributed by atoms with E-state index < -0.39 is 0 Å². The van der Waals surface area contributed by atoms with Crippen molar-refractivity contribution in [2.45, 2.75) is 58.2 Å². The van der Waals surface area contributed by atoms with Gasteiger partial charge in [0.05, 0.1) is 16.8 Å². The molecular formula is C26H32N2O2S. The summed E-state index contributed by atoms with van der Waals surface area (Å²) in [4.78, 5) is 17.6. The van der Waals surface area contributed by atoms with Crippen molar-refractivity contribution in [2.75, 3.05) is 5.75 Å². The van der Waals surface area contributed by atoms with E-state index in [0.717, 1.165) is 34.7 Å². The van der Waals surface area contributed by atoms with Gasteiger partial charge in [-0.2, -0.15) is 0 Å². The molecule has 4 rings (SSSR count). The van der Waals surface area contributed by atoms with Gasteiger partial charge in [0.15, 0.2) is 5.16 Å². The van der Waals surface area contributed by atoms with E-state index in [1.807, 2.05) is 18.2 Å². The van der Waals surface area contributed by atoms with Crippen LogP contribution < -0.4 is 0 Å². The molecular weight excluding hydrogens is 404 g/mol. The Kier molecular flexibility index (Phi) is 6.71. The van der Waals surface area contributed by atoms with Crippen molar-refractivity contribution in [2.24, 2.45) is 17.8 Å². The number of fused-ring (bicyclic) bond motifs is 1. The van der Waals surface area contributed by atoms with Gasteiger partial charge in [-0.3, -0.25) is 9.36 Å². The number of hydrogen-bond acceptors (Lipinski definition) is 4. The first-order chi connectivity index (χ1) is 14.9. The zero-order chi connectivity index (χ0) is 22.0. The van der Waals surface area contributed by atoms with Crippen LogP contribution in [-0.4, -0.2) is 27.4 Å². The lowest BCUT2D eigenvalue weighted by Gasteiger charge is -2.36. The Labute approximate surface area is 189 Å². The summed E-state index contributed by atoms with van der Waals surface area (Å²) in [6.45, 7) is 8.82. The van der Waals surface area contributed by atoms with Crippen LogP contribution in [0.5, 0.6) is 0 Å². The van der Waals surface area contributed by atoms with E-state index in [2.05, 4.69) is 62.6 Å². The molecule has 31 heavy (non-hydrogen) atoms. The summed E-state index contributed by atoms with van der Waals surface area (Å²) >= 11 is 1.46. The summed E-state index contributed by atoms with van der Waals surface area (Å²) < 4.78 is 8.14. The van der Waals surface area contributed by atoms with Gasteiger partial charge in [0.1, 0.15) is 6.10 Å². The quantitative estimate of drug-likeness (QED) is 0.330. The molecule has 0 bridgehead atoms. The molecule has 0 spiro atoms. The number of para-hydroxylation sites is 2. The second-order valence-corrected chi connectivity index (χ2v) is 10.1. The van der Waals surface area contributed by atoms with Crippen LogP contribution in [0.2, 0.25) is 0 Å². The summed E-state index contributed by atoms with van der Waals surface area (Å²) in [6, 6.07) is 16.5. The fourth-order valence-corrected chi connectivity index (χ4v) is 5.50. The van der Waals surface area contributed by atoms with E-state index in [-0.39, 0.29) is 17.8 Å². The number of rotatable bonds is 6. The Bertz CT molecular complexity index is 1060. The number of esters is 1. The van der Waals surface area contributed by atoms with Gasteiger partial charge in [-0.25, -0.2) is 4.98 Å². The van der Waals surface area contributed by atoms with Gasteiger partial charge in [0, 0.05) is 5.69 Å². The van der Waals surface area contributed by atoms with Gasteiger partial charge < -0.3 is 4.74 Å². The number of nitrogens with zero attached hydrogens (tertiary/aromatic N) is 2. The first-order valence-electron chi connectivity index (χ1n) is 11.3. The van der Waals surface area contributed by atoms with E-state index in [1.54, 1.807) is 0 Å². The Morgan fingerprint density at radius 1 is 1.19 bits per heavy atom. The molecule has 0 radical (unpaired) electrons. The van der Waals surface area contributed by atoms with Crippen LogP contribution in [0.1, 0.15) is 45.6 Å². The Morgan fingerprint density at radius 3 is 2.77 bits per heavy atom. The topological polar surface area (TPSA) is 44.1 Å². The van der Waals surface area contributed by atoms with Crippen molar-refractivity contribution in [3.05, 3.63) is 54.1 Å². The van der Waals surface area contributed by atoms with Crippen molar-refractivity contribution < 1.29 is 9.53 Å². The molecule has 0 N–H and O–H groups in total. The normalized spacial score (nSPS) is 21.5. The minimum atomic E-state index is -0.141. The number of aromatic nitrogens is 2. The van der Waals surface area contributed by atoms with Gasteiger partial charge in [0.25, 0.3) is 0 Å². The molecule has 1 saturated carbocycles. The first kappa shape index (κ1) is 21.9. The number of ether oxygens (including phenoxy) is 1. The SMILES string of the molecule is Cc1cccc(-n2c(SCC(=O)OC3CC(C)CCC3C(C)C)nc3ccccc32)c1. The van der Waals surface area contributed by atoms with Crippen LogP contribution in [0.4, 0.5) is 0 Å². The Morgan fingerprint density at radius 2 is 2.00 bits per heavy atom. The number of aryl methyl sites for hydroxylation is 1. The van der Waals surface area contributed by atoms with Crippen LogP contribution in [-0.2, 0) is 9.53 Å². The van der Waals surface area contributed by atoms with E-state index in [0.29, 0.717) is 17.8 Å². The lowest BCUT2D eigenvalue weighted by Crippen LogP contribution is -2.36. The molecule has 164 valence electrons. The second-order valence-electron chi connectivity index (χ2n) is 9.20. The van der Waals surface area contributed by atoms with Crippen molar-refractivity contribution in [3.8, 4) is 5.69 Å². The Balaban J connectivity index is 1.52. The summed E-state index contributed by atoms with van der Waals surface area (Å²) in [6.07, 6.45) is 3.38. The third kappa shape index (κ3) is 4.98. The molecule has 4 nitrogen and oxygen atoms in total. The lowest BCUT2D eigenvalue weighted by molar-refractivity contribution is -0.152. The predicted molar refractivity (Wildman–Crippen MR) is 128 cm³/mol. The summed E-state index contributed by atoms with van der Waals surface area (Å²) in [5.74, 6) is 1.74. The van der Waals surface area contributed by atoms with E-state index in [1.165, 1.54) is 23.7 Å². The monoisotopic (exact) mass is 436 g/mol. The van der Waals surface area contributed by atoms with E-state index >= 15 is 0 Å². The fraction of sp³-hybridized carbons (Fsp3) is 0.462. The van der Waals surface area contributed by atoms with Crippen molar-refractivity contribution in [3.63, 3.8) is 0 Å². The van der Waals surface area contributed by atoms with E-state index in [4.69, 9.17) is 9.72 Å². The average molecular weight is 437 g/mol. The van der Waals surface area contributed by atoms with Crippen molar-refractivity contribution in [1.29, 1.82) is 0 Å². The fourth-order valence-electron chi connectivity index (χ4n) is 4.69. The molecule has 3 aromatic rings. The van der Waals surface area contributed by atoms with Gasteiger partial charge in [-0.15, -0.1) is 0 Å². The number of carbonyl (C=O) groups excluding carboxylic acids is 1. The molecule has 1 aliphatic rings. The number of thioether (sulfide) groups is 1. The van der Waals surface area contributed by atoms with Crippen LogP contribution in [0, 0.1) is 24.7 Å². The molecule has 3 unspecified atom stereocenters. The molecule has 1 heterocycles. The largest absolute Gasteiger partial charge is 0.461 e. The van der Waals surface area contributed by atoms with E-state index in [9.17, 15) is 4.79 Å². The number of hydrogen-bond donors (Lipinski definition) is 0. The smallest absolute Gasteiger partial charge is 0.316 e. The standard InChI is InChI=1S/C26H32N2O2S/c1-17(2)21-13-12-19(4)15-24(21)30-25(29)16-31-26-27-22-10-5-6-11-23(22)28(26)20-9-7-8-18(3)14-20/h5-11,14,17,19,21,24H,12-13,15-16H2,1-4H3. The van der Waals surface area contributed by atoms with Gasteiger partial charge in [-0.05, 0) is 67.3 Å². The zero-order valence-electron chi connectivity index (χ0n) is 18.9. The average Bonchev–Trinajstić information content (AvgIpc) is 3.10. The van der Waals surface area contributed by atoms with Crippen LogP contribution in [0.3, 0.4) is 0 Å². The Hall–Kier alpha value is -2.27. The number of carbonyl (C=O) groups is 1. The summed E-state index contributed by atoms with van der Waals surface area (Å²) in [7, 11) is 0. The maximum Gasteiger partial charge on any atom is 0.316 e. The number of benzene rings is 2. The van der Waals surface area contributed by atoms with Gasteiger partial charge in [-0.1, -0.05) is 63.2 Å². The third-order valence-corrected chi connectivity index (χ3v) is 7.27. The molecule has 1 fully saturated rings. The van der Waals surface area contributed by atoms with Crippen LogP contribution in [0.25, 0.3) is 16.7 Å². The molecule has 3 atom stereocenters. The lowest BCUT2D eigenvalue weighted by atomic mass is 9.75. The second kappa shape index (κ2) is 9.47. The summed E-state index contributed by atoms with van der Waals surface area (Å²) in [5, 5.41) is 0.821. The third-order valence-electron chi connectivity index (χ3n) is 6.35. The zero-order valence-corrected chi connectivity index (χ0v) is 19.7. The maximum atomic E-state index is 12.8. The minimum Gasteiger partial charge on any atom is -0.461 e. The molecule has 0 amide bonds. The van der Waals surface area contributed by atoms with Crippen LogP contribution in [0.15, 0.2) is 53.7 Å².